The molecule has 0 radical (unpaired) electrons. The van der Waals surface area contributed by atoms with Gasteiger partial charge in [0.1, 0.15) is 5.25 Å². The van der Waals surface area contributed by atoms with Crippen molar-refractivity contribution in [3.8, 4) is 0 Å². The third kappa shape index (κ3) is 4.75. The minimum atomic E-state index is -3.72. The highest BCUT2D eigenvalue weighted by atomic mass is 32.2. The summed E-state index contributed by atoms with van der Waals surface area (Å²) in [6, 6.07) is 18.5. The number of carbonyl (C=O) groups excluding carboxylic acids is 1. The van der Waals surface area contributed by atoms with Gasteiger partial charge in [0, 0.05) is 24.6 Å². The molecule has 1 heterocycles. The number of anilines is 1. The minimum absolute atomic E-state index is 0.0828. The van der Waals surface area contributed by atoms with E-state index >= 15 is 0 Å². The van der Waals surface area contributed by atoms with Crippen LogP contribution in [0.25, 0.3) is 0 Å². The van der Waals surface area contributed by atoms with E-state index in [1.165, 1.54) is 6.20 Å². The van der Waals surface area contributed by atoms with Crippen LogP contribution in [-0.2, 0) is 9.84 Å². The second-order valence-corrected chi connectivity index (χ2v) is 8.46. The van der Waals surface area contributed by atoms with Crippen LogP contribution in [0, 0.1) is 6.92 Å². The van der Waals surface area contributed by atoms with Crippen LogP contribution in [0.2, 0.25) is 0 Å². The van der Waals surface area contributed by atoms with E-state index in [2.05, 4.69) is 15.6 Å². The lowest BCUT2D eigenvalue weighted by atomic mass is 10.2. The Morgan fingerprint density at radius 3 is 2.36 bits per heavy atom. The highest BCUT2D eigenvalue weighted by Gasteiger charge is 2.29. The number of aromatic nitrogens is 1. The average Bonchev–Trinajstić information content (AvgIpc) is 2.70. The summed E-state index contributed by atoms with van der Waals surface area (Å²) in [5, 5.41) is 4.39. The van der Waals surface area contributed by atoms with Gasteiger partial charge in [0.25, 0.3) is 0 Å². The van der Waals surface area contributed by atoms with E-state index < -0.39 is 21.1 Å². The largest absolute Gasteiger partial charge is 0.336 e. The number of nitrogens with one attached hydrogen (secondary N) is 2. The molecule has 2 N–H and O–H groups in total. The molecule has 2 amide bonds. The first kappa shape index (κ1) is 19.6. The molecule has 1 aromatic heterocycles. The standard InChI is InChI=1S/C21H21N3O3S/c1-16-9-11-19(12-10-16)28(26,27)20(17-6-5-13-22-14-17)15-23-21(25)24-18-7-3-2-4-8-18/h2-14,20H,15H2,1H3,(H2,23,24,25)/t20-/m0/s1. The first-order valence-corrected chi connectivity index (χ1v) is 10.3. The van der Waals surface area contributed by atoms with Gasteiger partial charge < -0.3 is 10.6 Å². The van der Waals surface area contributed by atoms with Gasteiger partial charge in [-0.05, 0) is 42.8 Å². The average molecular weight is 395 g/mol. The summed E-state index contributed by atoms with van der Waals surface area (Å²) in [6.07, 6.45) is 3.09. The van der Waals surface area contributed by atoms with Gasteiger partial charge in [-0.2, -0.15) is 0 Å². The Balaban J connectivity index is 1.82. The maximum absolute atomic E-state index is 13.2. The van der Waals surface area contributed by atoms with Crippen molar-refractivity contribution in [3.05, 3.63) is 90.3 Å². The number of rotatable bonds is 6. The number of aryl methyl sites for hydroxylation is 1. The number of hydrogen-bond donors (Lipinski definition) is 2. The maximum Gasteiger partial charge on any atom is 0.319 e. The number of para-hydroxylation sites is 1. The third-order valence-corrected chi connectivity index (χ3v) is 6.38. The van der Waals surface area contributed by atoms with Gasteiger partial charge in [0.15, 0.2) is 9.84 Å². The van der Waals surface area contributed by atoms with E-state index in [9.17, 15) is 13.2 Å². The number of amides is 2. The zero-order chi connectivity index (χ0) is 20.0. The molecule has 0 unspecified atom stereocenters. The van der Waals surface area contributed by atoms with Crippen LogP contribution >= 0.6 is 0 Å². The Labute approximate surface area is 164 Å². The lowest BCUT2D eigenvalue weighted by molar-refractivity contribution is 0.252. The smallest absolute Gasteiger partial charge is 0.319 e. The van der Waals surface area contributed by atoms with Crippen molar-refractivity contribution in [1.82, 2.24) is 10.3 Å². The second-order valence-electron chi connectivity index (χ2n) is 6.33. The van der Waals surface area contributed by atoms with Crippen LogP contribution in [0.5, 0.6) is 0 Å². The van der Waals surface area contributed by atoms with Crippen LogP contribution in [0.3, 0.4) is 0 Å². The second kappa shape index (κ2) is 8.67. The molecule has 3 aromatic rings. The summed E-state index contributed by atoms with van der Waals surface area (Å²) in [5.74, 6) is 0. The molecule has 0 aliphatic carbocycles. The van der Waals surface area contributed by atoms with Gasteiger partial charge >= 0.3 is 6.03 Å². The van der Waals surface area contributed by atoms with Gasteiger partial charge in [0.05, 0.1) is 4.90 Å². The maximum atomic E-state index is 13.2. The lowest BCUT2D eigenvalue weighted by Crippen LogP contribution is -2.35. The normalized spacial score (nSPS) is 12.2. The number of nitrogens with zero attached hydrogens (tertiary/aromatic N) is 1. The molecule has 144 valence electrons. The summed E-state index contributed by atoms with van der Waals surface area (Å²) < 4.78 is 26.4. The van der Waals surface area contributed by atoms with E-state index in [4.69, 9.17) is 0 Å². The first-order valence-electron chi connectivity index (χ1n) is 8.77. The molecule has 0 spiro atoms. The summed E-state index contributed by atoms with van der Waals surface area (Å²) in [4.78, 5) is 16.5. The Morgan fingerprint density at radius 1 is 1.00 bits per heavy atom. The van der Waals surface area contributed by atoms with Gasteiger partial charge in [-0.25, -0.2) is 13.2 Å². The lowest BCUT2D eigenvalue weighted by Gasteiger charge is -2.19. The fourth-order valence-corrected chi connectivity index (χ4v) is 4.39. The van der Waals surface area contributed by atoms with Crippen molar-refractivity contribution >= 4 is 21.6 Å². The molecule has 0 fully saturated rings. The molecule has 28 heavy (non-hydrogen) atoms. The van der Waals surface area contributed by atoms with Crippen LogP contribution in [0.1, 0.15) is 16.4 Å². The van der Waals surface area contributed by atoms with Crippen molar-refractivity contribution in [2.75, 3.05) is 11.9 Å². The van der Waals surface area contributed by atoms with Gasteiger partial charge in [0.2, 0.25) is 0 Å². The van der Waals surface area contributed by atoms with Crippen LogP contribution < -0.4 is 10.6 Å². The van der Waals surface area contributed by atoms with Crippen molar-refractivity contribution in [1.29, 1.82) is 0 Å². The van der Waals surface area contributed by atoms with E-state index in [0.717, 1.165) is 5.56 Å². The van der Waals surface area contributed by atoms with Crippen molar-refractivity contribution in [2.24, 2.45) is 0 Å². The quantitative estimate of drug-likeness (QED) is 0.666. The third-order valence-electron chi connectivity index (χ3n) is 4.26. The fourth-order valence-electron chi connectivity index (χ4n) is 2.75. The molecule has 2 aromatic carbocycles. The molecule has 0 saturated heterocycles. The van der Waals surface area contributed by atoms with E-state index in [1.54, 1.807) is 66.9 Å². The molecule has 3 rings (SSSR count). The van der Waals surface area contributed by atoms with Crippen LogP contribution in [0.4, 0.5) is 10.5 Å². The predicted octanol–water partition coefficient (Wildman–Crippen LogP) is 3.73. The Hall–Kier alpha value is -3.19. The van der Waals surface area contributed by atoms with E-state index in [1.807, 2.05) is 13.0 Å². The summed E-state index contributed by atoms with van der Waals surface area (Å²) in [6.45, 7) is 1.81. The molecule has 1 atom stereocenters. The molecule has 0 bridgehead atoms. The van der Waals surface area contributed by atoms with Crippen LogP contribution in [-0.4, -0.2) is 26.0 Å². The van der Waals surface area contributed by atoms with Gasteiger partial charge in [-0.15, -0.1) is 0 Å². The van der Waals surface area contributed by atoms with E-state index in [-0.39, 0.29) is 11.4 Å². The van der Waals surface area contributed by atoms with Gasteiger partial charge in [-0.3, -0.25) is 4.98 Å². The number of sulfone groups is 1. The number of pyridine rings is 1. The SMILES string of the molecule is Cc1ccc(S(=O)(=O)[C@@H](CNC(=O)Nc2ccccc2)c2cccnc2)cc1. The highest BCUT2D eigenvalue weighted by Crippen LogP contribution is 2.28. The molecular weight excluding hydrogens is 374 g/mol. The Kier molecular flexibility index (Phi) is 6.06. The Bertz CT molecular complexity index is 1020. The first-order chi connectivity index (χ1) is 13.5. The molecule has 0 aliphatic heterocycles. The number of hydrogen-bond acceptors (Lipinski definition) is 4. The molecule has 0 saturated carbocycles. The topological polar surface area (TPSA) is 88.2 Å². The van der Waals surface area contributed by atoms with Crippen molar-refractivity contribution in [3.63, 3.8) is 0 Å². The number of benzene rings is 2. The summed E-state index contributed by atoms with van der Waals surface area (Å²) in [5.41, 5.74) is 2.11. The monoisotopic (exact) mass is 395 g/mol. The van der Waals surface area contributed by atoms with Crippen LogP contribution in [0.15, 0.2) is 84.0 Å². The number of carbonyl (C=O) groups is 1. The summed E-state index contributed by atoms with van der Waals surface area (Å²) >= 11 is 0. The predicted molar refractivity (Wildman–Crippen MR) is 109 cm³/mol. The number of urea groups is 1. The zero-order valence-electron chi connectivity index (χ0n) is 15.4. The van der Waals surface area contributed by atoms with Crippen molar-refractivity contribution < 1.29 is 13.2 Å². The highest BCUT2D eigenvalue weighted by molar-refractivity contribution is 7.91. The van der Waals surface area contributed by atoms with Gasteiger partial charge in [-0.1, -0.05) is 42.0 Å². The van der Waals surface area contributed by atoms with E-state index in [0.29, 0.717) is 11.3 Å². The minimum Gasteiger partial charge on any atom is -0.336 e. The van der Waals surface area contributed by atoms with Crippen molar-refractivity contribution in [2.45, 2.75) is 17.1 Å². The molecule has 0 aliphatic rings. The summed E-state index contributed by atoms with van der Waals surface area (Å²) in [7, 11) is -3.72. The fraction of sp³-hybridized carbons (Fsp3) is 0.143. The molecule has 7 heteroatoms. The zero-order valence-corrected chi connectivity index (χ0v) is 16.2. The molecule has 6 nitrogen and oxygen atoms in total. The molecular formula is C21H21N3O3S. The Morgan fingerprint density at radius 2 is 1.71 bits per heavy atom.